The van der Waals surface area contributed by atoms with Crippen LogP contribution >= 0.6 is 11.3 Å². The van der Waals surface area contributed by atoms with Crippen LogP contribution in [0.15, 0.2) is 229 Å². The molecule has 286 valence electrons. The summed E-state index contributed by atoms with van der Waals surface area (Å²) >= 11 is 1.88. The molecular formula is C58H37NOS. The summed E-state index contributed by atoms with van der Waals surface area (Å²) in [5.74, 6) is 0. The molecule has 12 aromatic rings. The third-order valence-corrected chi connectivity index (χ3v) is 13.3. The van der Waals surface area contributed by atoms with E-state index < -0.39 is 0 Å². The number of benzene rings is 10. The fourth-order valence-corrected chi connectivity index (χ4v) is 10.3. The maximum atomic E-state index is 6.14. The largest absolute Gasteiger partial charge is 0.456 e. The summed E-state index contributed by atoms with van der Waals surface area (Å²) in [5, 5.41) is 7.40. The van der Waals surface area contributed by atoms with Crippen LogP contribution in [0.4, 0.5) is 17.1 Å². The number of rotatable bonds is 7. The SMILES string of the molecule is c1cc(-c2cccc(N(c3ccc(-c4ccc5oc6ccccc6c5c4)cc3)c3ccc(-c4cccc5ccccc45)cc3)c2)cc(-c2cccc3c2sc2ccccc23)c1. The highest BCUT2D eigenvalue weighted by atomic mass is 32.1. The second-order valence-corrected chi connectivity index (χ2v) is 16.7. The lowest BCUT2D eigenvalue weighted by atomic mass is 9.97. The fourth-order valence-electron chi connectivity index (χ4n) is 9.09. The predicted octanol–water partition coefficient (Wildman–Crippen LogP) is 17.2. The minimum Gasteiger partial charge on any atom is -0.456 e. The highest BCUT2D eigenvalue weighted by Crippen LogP contribution is 2.43. The fraction of sp³-hybridized carbons (Fsp3) is 0. The molecule has 0 N–H and O–H groups in total. The Morgan fingerprint density at radius 3 is 1.74 bits per heavy atom. The molecule has 0 unspecified atom stereocenters. The number of para-hydroxylation sites is 1. The smallest absolute Gasteiger partial charge is 0.135 e. The van der Waals surface area contributed by atoms with Gasteiger partial charge in [-0.2, -0.15) is 0 Å². The quantitative estimate of drug-likeness (QED) is 0.160. The van der Waals surface area contributed by atoms with Gasteiger partial charge in [-0.1, -0.05) is 158 Å². The van der Waals surface area contributed by atoms with Gasteiger partial charge in [-0.15, -0.1) is 11.3 Å². The van der Waals surface area contributed by atoms with E-state index in [0.717, 1.165) is 55.7 Å². The number of fused-ring (bicyclic) bond motifs is 7. The summed E-state index contributed by atoms with van der Waals surface area (Å²) in [7, 11) is 0. The van der Waals surface area contributed by atoms with Gasteiger partial charge in [0, 0.05) is 48.0 Å². The van der Waals surface area contributed by atoms with Gasteiger partial charge in [-0.3, -0.25) is 0 Å². The molecule has 0 spiro atoms. The van der Waals surface area contributed by atoms with Crippen LogP contribution in [0, 0.1) is 0 Å². The first-order chi connectivity index (χ1) is 30.2. The minimum atomic E-state index is 0.905. The number of hydrogen-bond donors (Lipinski definition) is 0. The van der Waals surface area contributed by atoms with Crippen molar-refractivity contribution in [3.05, 3.63) is 224 Å². The number of anilines is 3. The molecule has 61 heavy (non-hydrogen) atoms. The maximum absolute atomic E-state index is 6.14. The molecule has 10 aromatic carbocycles. The van der Waals surface area contributed by atoms with Gasteiger partial charge < -0.3 is 9.32 Å². The van der Waals surface area contributed by atoms with Gasteiger partial charge >= 0.3 is 0 Å². The molecule has 0 saturated heterocycles. The van der Waals surface area contributed by atoms with Crippen molar-refractivity contribution in [2.45, 2.75) is 0 Å². The zero-order chi connectivity index (χ0) is 40.3. The first-order valence-electron chi connectivity index (χ1n) is 20.7. The Bertz CT molecular complexity index is 3590. The Kier molecular flexibility index (Phi) is 8.39. The van der Waals surface area contributed by atoms with Gasteiger partial charge in [0.15, 0.2) is 0 Å². The molecule has 0 radical (unpaired) electrons. The summed E-state index contributed by atoms with van der Waals surface area (Å²) in [6.07, 6.45) is 0. The highest BCUT2D eigenvalue weighted by molar-refractivity contribution is 7.26. The van der Waals surface area contributed by atoms with Crippen LogP contribution in [0.3, 0.4) is 0 Å². The van der Waals surface area contributed by atoms with Crippen LogP contribution in [0.25, 0.3) is 97.4 Å². The molecule has 0 aliphatic rings. The molecule has 0 amide bonds. The number of hydrogen-bond acceptors (Lipinski definition) is 3. The monoisotopic (exact) mass is 795 g/mol. The lowest BCUT2D eigenvalue weighted by Gasteiger charge is -2.26. The van der Waals surface area contributed by atoms with Gasteiger partial charge in [-0.25, -0.2) is 0 Å². The van der Waals surface area contributed by atoms with E-state index in [1.165, 1.54) is 58.8 Å². The maximum Gasteiger partial charge on any atom is 0.135 e. The molecule has 12 rings (SSSR count). The summed E-state index contributed by atoms with van der Waals surface area (Å²) in [4.78, 5) is 2.37. The van der Waals surface area contributed by atoms with E-state index in [4.69, 9.17) is 4.42 Å². The van der Waals surface area contributed by atoms with Crippen LogP contribution < -0.4 is 4.90 Å². The average Bonchev–Trinajstić information content (AvgIpc) is 3.90. The van der Waals surface area contributed by atoms with E-state index >= 15 is 0 Å². The van der Waals surface area contributed by atoms with Crippen molar-refractivity contribution in [1.29, 1.82) is 0 Å². The average molecular weight is 796 g/mol. The summed E-state index contributed by atoms with van der Waals surface area (Å²) in [6.45, 7) is 0. The Morgan fingerprint density at radius 2 is 0.885 bits per heavy atom. The second kappa shape index (κ2) is 14.5. The van der Waals surface area contributed by atoms with Crippen LogP contribution in [0.5, 0.6) is 0 Å². The van der Waals surface area contributed by atoms with E-state index in [0.29, 0.717) is 0 Å². The lowest BCUT2D eigenvalue weighted by Crippen LogP contribution is -2.10. The van der Waals surface area contributed by atoms with E-state index in [1.54, 1.807) is 0 Å². The summed E-state index contributed by atoms with van der Waals surface area (Å²) in [5.41, 5.74) is 14.6. The van der Waals surface area contributed by atoms with Gasteiger partial charge in [0.1, 0.15) is 11.2 Å². The van der Waals surface area contributed by atoms with Crippen molar-refractivity contribution >= 4 is 81.3 Å². The standard InChI is InChI=1S/C58H37NOS/c1-2-17-48-39(11-1)12-9-20-49(48)40-27-32-46(33-28-40)59(45-30-25-38(26-31-45)43-29-34-56-54(37-43)51-18-3-5-23-55(51)60-56)47-16-8-14-42(36-47)41-13-7-15-44(35-41)50-21-10-22-53-52-19-4-6-24-57(52)61-58(50)53/h1-37H. The van der Waals surface area contributed by atoms with E-state index in [1.807, 2.05) is 23.5 Å². The molecule has 0 atom stereocenters. The van der Waals surface area contributed by atoms with Crippen molar-refractivity contribution in [3.63, 3.8) is 0 Å². The van der Waals surface area contributed by atoms with E-state index in [2.05, 4.69) is 217 Å². The van der Waals surface area contributed by atoms with Crippen LogP contribution in [0.2, 0.25) is 0 Å². The van der Waals surface area contributed by atoms with Crippen LogP contribution in [0.1, 0.15) is 0 Å². The second-order valence-electron chi connectivity index (χ2n) is 15.7. The Morgan fingerprint density at radius 1 is 0.311 bits per heavy atom. The van der Waals surface area contributed by atoms with Gasteiger partial charge in [-0.05, 0) is 122 Å². The molecule has 3 heteroatoms. The molecular weight excluding hydrogens is 759 g/mol. The minimum absolute atomic E-state index is 0.905. The van der Waals surface area contributed by atoms with Crippen molar-refractivity contribution in [3.8, 4) is 44.5 Å². The topological polar surface area (TPSA) is 16.4 Å². The summed E-state index contributed by atoms with van der Waals surface area (Å²) < 4.78 is 8.79. The third kappa shape index (κ3) is 6.18. The van der Waals surface area contributed by atoms with Crippen molar-refractivity contribution in [2.75, 3.05) is 4.90 Å². The molecule has 0 aliphatic carbocycles. The van der Waals surface area contributed by atoms with Gasteiger partial charge in [0.05, 0.1) is 0 Å². The van der Waals surface area contributed by atoms with E-state index in [9.17, 15) is 0 Å². The zero-order valence-corrected chi connectivity index (χ0v) is 33.9. The van der Waals surface area contributed by atoms with Crippen LogP contribution in [-0.4, -0.2) is 0 Å². The van der Waals surface area contributed by atoms with Crippen molar-refractivity contribution < 1.29 is 4.42 Å². The normalized spacial score (nSPS) is 11.6. The zero-order valence-electron chi connectivity index (χ0n) is 33.1. The molecule has 0 fully saturated rings. The number of nitrogens with zero attached hydrogens (tertiary/aromatic N) is 1. The highest BCUT2D eigenvalue weighted by Gasteiger charge is 2.17. The molecule has 2 heterocycles. The van der Waals surface area contributed by atoms with Gasteiger partial charge in [0.2, 0.25) is 0 Å². The first kappa shape index (κ1) is 35.2. The number of thiophene rings is 1. The Labute approximate surface area is 357 Å². The molecule has 0 bridgehead atoms. The molecule has 2 nitrogen and oxygen atoms in total. The third-order valence-electron chi connectivity index (χ3n) is 12.1. The molecule has 0 saturated carbocycles. The van der Waals surface area contributed by atoms with E-state index in [-0.39, 0.29) is 0 Å². The van der Waals surface area contributed by atoms with Crippen molar-refractivity contribution in [2.24, 2.45) is 0 Å². The lowest BCUT2D eigenvalue weighted by molar-refractivity contribution is 0.669. The van der Waals surface area contributed by atoms with Crippen molar-refractivity contribution in [1.82, 2.24) is 0 Å². The Hall–Kier alpha value is -7.72. The molecule has 0 aliphatic heterocycles. The first-order valence-corrected chi connectivity index (χ1v) is 21.5. The Balaban J connectivity index is 0.946. The number of furan rings is 1. The van der Waals surface area contributed by atoms with Gasteiger partial charge in [0.25, 0.3) is 0 Å². The molecule has 2 aromatic heterocycles. The van der Waals surface area contributed by atoms with Crippen LogP contribution in [-0.2, 0) is 0 Å². The predicted molar refractivity (Wildman–Crippen MR) is 261 cm³/mol. The summed E-state index contributed by atoms with van der Waals surface area (Å²) in [6, 6.07) is 81.3.